The van der Waals surface area contributed by atoms with Gasteiger partial charge >= 0.3 is 0 Å². The summed E-state index contributed by atoms with van der Waals surface area (Å²) in [7, 11) is 0. The van der Waals surface area contributed by atoms with E-state index in [9.17, 15) is 0 Å². The van der Waals surface area contributed by atoms with Gasteiger partial charge in [-0.3, -0.25) is 0 Å². The average molecular weight is 289 g/mol. The summed E-state index contributed by atoms with van der Waals surface area (Å²) in [6.07, 6.45) is 15.3. The van der Waals surface area contributed by atoms with Gasteiger partial charge in [0.1, 0.15) is 0 Å². The molecule has 0 N–H and O–H groups in total. The summed E-state index contributed by atoms with van der Waals surface area (Å²) < 4.78 is 0. The fourth-order valence-electron chi connectivity index (χ4n) is 8.14. The lowest BCUT2D eigenvalue weighted by Gasteiger charge is -2.61. The third-order valence-electron chi connectivity index (χ3n) is 9.05. The predicted octanol–water partition coefficient (Wildman–Crippen LogP) is 6.45. The minimum absolute atomic E-state index is 0.607. The van der Waals surface area contributed by atoms with Crippen LogP contribution < -0.4 is 0 Å². The topological polar surface area (TPSA) is 0 Å². The fraction of sp³-hybridized carbons (Fsp3) is 1.00. The van der Waals surface area contributed by atoms with Gasteiger partial charge in [0.25, 0.3) is 0 Å². The van der Waals surface area contributed by atoms with Crippen molar-refractivity contribution < 1.29 is 0 Å². The van der Waals surface area contributed by atoms with Gasteiger partial charge in [-0.2, -0.15) is 0 Å². The van der Waals surface area contributed by atoms with Crippen LogP contribution in [-0.4, -0.2) is 0 Å². The van der Waals surface area contributed by atoms with E-state index in [-0.39, 0.29) is 0 Å². The third kappa shape index (κ3) is 1.93. The van der Waals surface area contributed by atoms with Crippen LogP contribution in [0.15, 0.2) is 0 Å². The summed E-state index contributed by atoms with van der Waals surface area (Å²) in [6.45, 7) is 10.6. The number of hydrogen-bond donors (Lipinski definition) is 0. The Morgan fingerprint density at radius 3 is 2.33 bits per heavy atom. The lowest BCUT2D eigenvalue weighted by molar-refractivity contribution is -0.122. The Labute approximate surface area is 132 Å². The average Bonchev–Trinajstić information content (AvgIpc) is 2.69. The maximum Gasteiger partial charge on any atom is -0.0266 e. The summed E-state index contributed by atoms with van der Waals surface area (Å²) in [5.41, 5.74) is 2.00. The standard InChI is InChI=1S/C21H36/c1-19(2)13-14-20(3)12-10-17-16(18(19)20)9-8-15-7-5-6-11-21(15,17)4/h15-18H,5-14H2,1-4H3/t15-,16-,17+,18-,20-,21+/m1/s1. The maximum atomic E-state index is 2.71. The summed E-state index contributed by atoms with van der Waals surface area (Å²) in [5, 5.41) is 0. The van der Waals surface area contributed by atoms with Crippen LogP contribution in [0.2, 0.25) is 0 Å². The van der Waals surface area contributed by atoms with E-state index in [2.05, 4.69) is 27.7 Å². The molecule has 0 heteroatoms. The van der Waals surface area contributed by atoms with E-state index in [0.717, 1.165) is 23.7 Å². The highest BCUT2D eigenvalue weighted by atomic mass is 14.7. The second-order valence-electron chi connectivity index (χ2n) is 10.5. The molecule has 0 bridgehead atoms. The SMILES string of the molecule is CC1(C)CC[C@@]2(C)CC[C@H]3[C@@H](CC[C@H]4CCCC[C@@]43C)[C@H]12. The Morgan fingerprint density at radius 1 is 0.714 bits per heavy atom. The molecule has 120 valence electrons. The second-order valence-corrected chi connectivity index (χ2v) is 10.5. The van der Waals surface area contributed by atoms with Crippen molar-refractivity contribution in [2.75, 3.05) is 0 Å². The van der Waals surface area contributed by atoms with Gasteiger partial charge in [0.05, 0.1) is 0 Å². The van der Waals surface area contributed by atoms with Crippen molar-refractivity contribution in [2.45, 2.75) is 91.9 Å². The van der Waals surface area contributed by atoms with Gasteiger partial charge in [-0.1, -0.05) is 40.5 Å². The monoisotopic (exact) mass is 288 g/mol. The first kappa shape index (κ1) is 14.6. The summed E-state index contributed by atoms with van der Waals surface area (Å²) in [6, 6.07) is 0. The molecule has 4 fully saturated rings. The van der Waals surface area contributed by atoms with Crippen LogP contribution in [-0.2, 0) is 0 Å². The molecule has 0 amide bonds. The van der Waals surface area contributed by atoms with Gasteiger partial charge in [-0.05, 0) is 91.3 Å². The Kier molecular flexibility index (Phi) is 3.13. The highest BCUT2D eigenvalue weighted by Gasteiger charge is 2.61. The molecule has 0 aromatic heterocycles. The van der Waals surface area contributed by atoms with E-state index in [0.29, 0.717) is 16.2 Å². The van der Waals surface area contributed by atoms with Crippen LogP contribution in [0.4, 0.5) is 0 Å². The van der Waals surface area contributed by atoms with Crippen molar-refractivity contribution >= 4 is 0 Å². The molecule has 0 spiro atoms. The highest BCUT2D eigenvalue weighted by Crippen LogP contribution is 2.69. The van der Waals surface area contributed by atoms with Crippen LogP contribution in [0.3, 0.4) is 0 Å². The smallest absolute Gasteiger partial charge is 0.0266 e. The molecule has 4 aliphatic carbocycles. The Balaban J connectivity index is 1.69. The van der Waals surface area contributed by atoms with Crippen LogP contribution >= 0.6 is 0 Å². The molecule has 0 radical (unpaired) electrons. The van der Waals surface area contributed by atoms with Crippen molar-refractivity contribution in [3.8, 4) is 0 Å². The molecule has 0 heterocycles. The van der Waals surface area contributed by atoms with Crippen molar-refractivity contribution in [3.05, 3.63) is 0 Å². The zero-order chi connectivity index (χ0) is 14.9. The van der Waals surface area contributed by atoms with E-state index in [1.165, 1.54) is 32.1 Å². The number of fused-ring (bicyclic) bond motifs is 5. The maximum absolute atomic E-state index is 2.71. The molecule has 0 aromatic rings. The minimum Gasteiger partial charge on any atom is -0.0596 e. The van der Waals surface area contributed by atoms with Crippen molar-refractivity contribution in [2.24, 2.45) is 39.9 Å². The van der Waals surface area contributed by atoms with E-state index >= 15 is 0 Å². The minimum atomic E-state index is 0.607. The third-order valence-corrected chi connectivity index (χ3v) is 9.05. The predicted molar refractivity (Wildman–Crippen MR) is 90.1 cm³/mol. The zero-order valence-electron chi connectivity index (χ0n) is 14.9. The summed E-state index contributed by atoms with van der Waals surface area (Å²) in [4.78, 5) is 0. The van der Waals surface area contributed by atoms with Crippen molar-refractivity contribution in [3.63, 3.8) is 0 Å². The number of rotatable bonds is 0. The van der Waals surface area contributed by atoms with Gasteiger partial charge in [0.2, 0.25) is 0 Å². The van der Waals surface area contributed by atoms with Gasteiger partial charge in [0.15, 0.2) is 0 Å². The first-order valence-electron chi connectivity index (χ1n) is 9.87. The van der Waals surface area contributed by atoms with Crippen LogP contribution in [0, 0.1) is 39.9 Å². The van der Waals surface area contributed by atoms with E-state index in [1.807, 2.05) is 0 Å². The molecule has 4 aliphatic rings. The molecule has 4 saturated carbocycles. The molecule has 21 heavy (non-hydrogen) atoms. The van der Waals surface area contributed by atoms with Gasteiger partial charge in [0, 0.05) is 0 Å². The van der Waals surface area contributed by atoms with Crippen LogP contribution in [0.1, 0.15) is 91.9 Å². The Hall–Kier alpha value is 0. The van der Waals surface area contributed by atoms with Gasteiger partial charge < -0.3 is 0 Å². The molecule has 0 aliphatic heterocycles. The molecule has 0 unspecified atom stereocenters. The molecular weight excluding hydrogens is 252 g/mol. The molecule has 0 aromatic carbocycles. The van der Waals surface area contributed by atoms with Crippen LogP contribution in [0.25, 0.3) is 0 Å². The van der Waals surface area contributed by atoms with Crippen LogP contribution in [0.5, 0.6) is 0 Å². The summed E-state index contributed by atoms with van der Waals surface area (Å²) in [5.74, 6) is 4.21. The molecule has 0 saturated heterocycles. The van der Waals surface area contributed by atoms with Gasteiger partial charge in [-0.25, -0.2) is 0 Å². The molecular formula is C21H36. The van der Waals surface area contributed by atoms with E-state index in [1.54, 1.807) is 32.1 Å². The second kappa shape index (κ2) is 4.51. The molecule has 0 nitrogen and oxygen atoms in total. The largest absolute Gasteiger partial charge is 0.0596 e. The first-order chi connectivity index (χ1) is 9.87. The normalized spacial score (nSPS) is 55.4. The lowest BCUT2D eigenvalue weighted by Crippen LogP contribution is -2.53. The lowest BCUT2D eigenvalue weighted by atomic mass is 9.44. The Bertz CT molecular complexity index is 422. The van der Waals surface area contributed by atoms with Gasteiger partial charge in [-0.15, -0.1) is 0 Å². The quantitative estimate of drug-likeness (QED) is 0.481. The molecule has 6 atom stereocenters. The fourth-order valence-corrected chi connectivity index (χ4v) is 8.14. The van der Waals surface area contributed by atoms with E-state index in [4.69, 9.17) is 0 Å². The summed E-state index contributed by atoms with van der Waals surface area (Å²) >= 11 is 0. The van der Waals surface area contributed by atoms with Crippen molar-refractivity contribution in [1.82, 2.24) is 0 Å². The Morgan fingerprint density at radius 2 is 1.52 bits per heavy atom. The molecule has 4 rings (SSSR count). The highest BCUT2D eigenvalue weighted by molar-refractivity contribution is 5.10. The zero-order valence-corrected chi connectivity index (χ0v) is 14.9. The number of hydrogen-bond acceptors (Lipinski definition) is 0. The first-order valence-corrected chi connectivity index (χ1v) is 9.87. The van der Waals surface area contributed by atoms with Crippen molar-refractivity contribution in [1.29, 1.82) is 0 Å². The van der Waals surface area contributed by atoms with E-state index < -0.39 is 0 Å².